The number of aromatic nitrogens is 1. The molecule has 35 heavy (non-hydrogen) atoms. The number of imide groups is 1. The van der Waals surface area contributed by atoms with Gasteiger partial charge in [0.25, 0.3) is 17.7 Å². The minimum absolute atomic E-state index is 0.0392. The van der Waals surface area contributed by atoms with Crippen molar-refractivity contribution in [3.8, 4) is 11.3 Å². The lowest BCUT2D eigenvalue weighted by Crippen LogP contribution is -2.28. The van der Waals surface area contributed by atoms with Crippen LogP contribution in [0.15, 0.2) is 88.9 Å². The summed E-state index contributed by atoms with van der Waals surface area (Å²) in [6, 6.07) is 22.1. The average Bonchev–Trinajstić information content (AvgIpc) is 3.62. The fourth-order valence-electron chi connectivity index (χ4n) is 4.12. The Morgan fingerprint density at radius 1 is 0.914 bits per heavy atom. The van der Waals surface area contributed by atoms with Crippen molar-refractivity contribution in [1.29, 1.82) is 0 Å². The Bertz CT molecular complexity index is 1620. The molecule has 0 spiro atoms. The van der Waals surface area contributed by atoms with Gasteiger partial charge in [-0.05, 0) is 47.2 Å². The first kappa shape index (κ1) is 21.0. The van der Waals surface area contributed by atoms with E-state index in [9.17, 15) is 14.4 Å². The van der Waals surface area contributed by atoms with Gasteiger partial charge in [-0.2, -0.15) is 0 Å². The van der Waals surface area contributed by atoms with Gasteiger partial charge < -0.3 is 4.42 Å². The molecule has 1 N–H and O–H groups in total. The summed E-state index contributed by atoms with van der Waals surface area (Å²) in [7, 11) is 0. The number of furan rings is 1. The molecule has 3 amide bonds. The number of anilines is 1. The predicted octanol–water partition coefficient (Wildman–Crippen LogP) is 5.60. The van der Waals surface area contributed by atoms with Crippen LogP contribution in [0, 0.1) is 0 Å². The van der Waals surface area contributed by atoms with Crippen LogP contribution in [0.3, 0.4) is 0 Å². The number of nitrogens with one attached hydrogen (secondary N) is 1. The second kappa shape index (κ2) is 8.34. The molecule has 3 aromatic carbocycles. The molecule has 3 heterocycles. The van der Waals surface area contributed by atoms with Crippen molar-refractivity contribution < 1.29 is 18.8 Å². The van der Waals surface area contributed by atoms with Crippen molar-refractivity contribution in [2.75, 3.05) is 5.32 Å². The number of rotatable bonds is 5. The molecule has 6 rings (SSSR count). The second-order valence-corrected chi connectivity index (χ2v) is 8.95. The van der Waals surface area contributed by atoms with Crippen molar-refractivity contribution in [3.05, 3.63) is 107 Å². The van der Waals surface area contributed by atoms with Gasteiger partial charge in [-0.1, -0.05) is 36.4 Å². The number of fused-ring (bicyclic) bond motifs is 2. The molecular weight excluding hydrogens is 462 g/mol. The van der Waals surface area contributed by atoms with Crippen LogP contribution in [0.25, 0.3) is 22.0 Å². The van der Waals surface area contributed by atoms with E-state index >= 15 is 0 Å². The molecule has 8 heteroatoms. The van der Waals surface area contributed by atoms with E-state index in [-0.39, 0.29) is 23.2 Å². The van der Waals surface area contributed by atoms with Crippen molar-refractivity contribution in [2.24, 2.45) is 0 Å². The largest absolute Gasteiger partial charge is 0.467 e. The normalized spacial score (nSPS) is 12.9. The second-order valence-electron chi connectivity index (χ2n) is 8.09. The molecule has 0 radical (unpaired) electrons. The van der Waals surface area contributed by atoms with Crippen LogP contribution in [0.4, 0.5) is 5.13 Å². The van der Waals surface area contributed by atoms with Gasteiger partial charge in [-0.25, -0.2) is 4.98 Å². The van der Waals surface area contributed by atoms with Crippen LogP contribution in [-0.2, 0) is 6.54 Å². The molecule has 0 aliphatic carbocycles. The predicted molar refractivity (Wildman–Crippen MR) is 132 cm³/mol. The van der Waals surface area contributed by atoms with Crippen LogP contribution >= 0.6 is 11.3 Å². The lowest BCUT2D eigenvalue weighted by Gasteiger charge is -2.11. The summed E-state index contributed by atoms with van der Waals surface area (Å²) >= 11 is 1.32. The SMILES string of the molecule is O=C(Nc1nc(-c2ccc3ccccc3c2)cs1)c1ccc2c(c1)C(=O)N(Cc1ccco1)C2=O. The van der Waals surface area contributed by atoms with Gasteiger partial charge in [0.15, 0.2) is 5.13 Å². The van der Waals surface area contributed by atoms with Crippen molar-refractivity contribution in [3.63, 3.8) is 0 Å². The van der Waals surface area contributed by atoms with Gasteiger partial charge in [-0.15, -0.1) is 11.3 Å². The molecule has 0 unspecified atom stereocenters. The number of hydrogen-bond donors (Lipinski definition) is 1. The van der Waals surface area contributed by atoms with Gasteiger partial charge in [-0.3, -0.25) is 24.6 Å². The maximum atomic E-state index is 12.9. The summed E-state index contributed by atoms with van der Waals surface area (Å²) < 4.78 is 5.26. The number of benzene rings is 3. The van der Waals surface area contributed by atoms with Gasteiger partial charge in [0.05, 0.1) is 29.6 Å². The van der Waals surface area contributed by atoms with E-state index < -0.39 is 17.7 Å². The molecule has 0 fully saturated rings. The minimum Gasteiger partial charge on any atom is -0.467 e. The van der Waals surface area contributed by atoms with E-state index in [4.69, 9.17) is 4.42 Å². The Balaban J connectivity index is 1.20. The molecule has 2 aromatic heterocycles. The molecule has 1 aliphatic rings. The number of thiazole rings is 1. The topological polar surface area (TPSA) is 92.5 Å². The molecule has 0 atom stereocenters. The molecule has 5 aromatic rings. The van der Waals surface area contributed by atoms with Crippen molar-refractivity contribution in [1.82, 2.24) is 9.88 Å². The minimum atomic E-state index is -0.455. The highest BCUT2D eigenvalue weighted by atomic mass is 32.1. The number of amides is 3. The fraction of sp³-hybridized carbons (Fsp3) is 0.0370. The number of nitrogens with zero attached hydrogens (tertiary/aromatic N) is 2. The Morgan fingerprint density at radius 3 is 2.57 bits per heavy atom. The molecule has 7 nitrogen and oxygen atoms in total. The number of hydrogen-bond acceptors (Lipinski definition) is 6. The van der Waals surface area contributed by atoms with Crippen molar-refractivity contribution >= 4 is 45.0 Å². The van der Waals surface area contributed by atoms with Gasteiger partial charge >= 0.3 is 0 Å². The van der Waals surface area contributed by atoms with E-state index in [0.717, 1.165) is 26.9 Å². The Kier molecular flexibility index (Phi) is 5.00. The van der Waals surface area contributed by atoms with E-state index in [1.807, 2.05) is 35.7 Å². The lowest BCUT2D eigenvalue weighted by atomic mass is 10.1. The van der Waals surface area contributed by atoms with Crippen LogP contribution in [0.5, 0.6) is 0 Å². The lowest BCUT2D eigenvalue weighted by molar-refractivity contribution is 0.0631. The first-order valence-corrected chi connectivity index (χ1v) is 11.7. The molecule has 1 aliphatic heterocycles. The van der Waals surface area contributed by atoms with Crippen LogP contribution < -0.4 is 5.32 Å². The van der Waals surface area contributed by atoms with Gasteiger partial charge in [0.1, 0.15) is 5.76 Å². The smallest absolute Gasteiger partial charge is 0.261 e. The van der Waals surface area contributed by atoms with Crippen LogP contribution in [0.2, 0.25) is 0 Å². The third-order valence-corrected chi connectivity index (χ3v) is 6.65. The van der Waals surface area contributed by atoms with E-state index in [1.165, 1.54) is 35.8 Å². The third-order valence-electron chi connectivity index (χ3n) is 5.90. The Morgan fingerprint density at radius 2 is 1.74 bits per heavy atom. The van der Waals surface area contributed by atoms with Crippen LogP contribution in [-0.4, -0.2) is 27.6 Å². The molecule has 170 valence electrons. The maximum Gasteiger partial charge on any atom is 0.261 e. The van der Waals surface area contributed by atoms with Crippen LogP contribution in [0.1, 0.15) is 36.8 Å². The van der Waals surface area contributed by atoms with E-state index in [0.29, 0.717) is 10.9 Å². The zero-order valence-corrected chi connectivity index (χ0v) is 19.0. The quantitative estimate of drug-likeness (QED) is 0.331. The summed E-state index contributed by atoms with van der Waals surface area (Å²) in [5, 5.41) is 7.38. The molecule has 0 saturated heterocycles. The van der Waals surface area contributed by atoms with E-state index in [1.54, 1.807) is 12.1 Å². The van der Waals surface area contributed by atoms with E-state index in [2.05, 4.69) is 22.4 Å². The average molecular weight is 480 g/mol. The van der Waals surface area contributed by atoms with Crippen molar-refractivity contribution in [2.45, 2.75) is 6.54 Å². The number of carbonyl (C=O) groups is 3. The first-order chi connectivity index (χ1) is 17.1. The zero-order valence-electron chi connectivity index (χ0n) is 18.2. The molecular formula is C27H17N3O4S. The monoisotopic (exact) mass is 479 g/mol. The first-order valence-electron chi connectivity index (χ1n) is 10.9. The summed E-state index contributed by atoms with van der Waals surface area (Å²) in [6.07, 6.45) is 1.49. The summed E-state index contributed by atoms with van der Waals surface area (Å²) in [5.74, 6) is -0.766. The molecule has 0 bridgehead atoms. The zero-order chi connectivity index (χ0) is 23.9. The summed E-state index contributed by atoms with van der Waals surface area (Å²) in [6.45, 7) is 0.0392. The molecule has 0 saturated carbocycles. The standard InChI is InChI=1S/C27H17N3O4S/c31-24(29-27-28-23(15-35-27)18-8-7-16-4-1-2-5-17(16)12-18)19-9-10-21-22(13-19)26(33)30(25(21)32)14-20-6-3-11-34-20/h1-13,15H,14H2,(H,28,29,31). The summed E-state index contributed by atoms with van der Waals surface area (Å²) in [5.41, 5.74) is 2.46. The maximum absolute atomic E-state index is 12.9. The van der Waals surface area contributed by atoms with Gasteiger partial charge in [0, 0.05) is 16.5 Å². The Hall–Kier alpha value is -4.56. The van der Waals surface area contributed by atoms with Gasteiger partial charge in [0.2, 0.25) is 0 Å². The Labute approximate surface area is 203 Å². The summed E-state index contributed by atoms with van der Waals surface area (Å²) in [4.78, 5) is 44.1. The number of carbonyl (C=O) groups excluding carboxylic acids is 3. The third kappa shape index (κ3) is 3.79. The highest BCUT2D eigenvalue weighted by molar-refractivity contribution is 7.14. The highest BCUT2D eigenvalue weighted by Crippen LogP contribution is 2.29. The highest BCUT2D eigenvalue weighted by Gasteiger charge is 2.36. The fourth-order valence-corrected chi connectivity index (χ4v) is 4.83.